The third-order valence-electron chi connectivity index (χ3n) is 7.57. The number of morpholine rings is 1. The minimum absolute atomic E-state index is 0.156. The molecule has 0 unspecified atom stereocenters. The maximum Gasteiger partial charge on any atom is 0.229 e. The van der Waals surface area contributed by atoms with Crippen LogP contribution in [-0.4, -0.2) is 89.5 Å². The number of hydrogen-bond acceptors (Lipinski definition) is 9. The van der Waals surface area contributed by atoms with E-state index in [1.54, 1.807) is 12.1 Å². The standard InChI is InChI=1S/C27H36ClFN8O3S/c1-18-14-24(31-27-30-17-22(28)26(33-27)32-25-15-19(2)34-35-25)23(29)16-21(18)20-4-7-36(8-5-20)6-3-13-41(38,39)37-9-11-40-12-10-37/h14-17,20H,3-13H2,1-2H3,(H3,30,31,32,33,34,35). The van der Waals surface area contributed by atoms with Crippen LogP contribution in [-0.2, 0) is 14.8 Å². The van der Waals surface area contributed by atoms with Crippen LogP contribution in [0.1, 0.15) is 42.0 Å². The lowest BCUT2D eigenvalue weighted by molar-refractivity contribution is 0.0730. The number of rotatable bonds is 10. The van der Waals surface area contributed by atoms with Crippen molar-refractivity contribution < 1.29 is 17.5 Å². The molecule has 222 valence electrons. The highest BCUT2D eigenvalue weighted by Gasteiger charge is 2.26. The lowest BCUT2D eigenvalue weighted by atomic mass is 9.86. The molecule has 0 amide bonds. The molecule has 4 heterocycles. The van der Waals surface area contributed by atoms with E-state index >= 15 is 4.39 Å². The van der Waals surface area contributed by atoms with Crippen LogP contribution in [0, 0.1) is 19.7 Å². The highest BCUT2D eigenvalue weighted by molar-refractivity contribution is 7.89. The monoisotopic (exact) mass is 606 g/mol. The quantitative estimate of drug-likeness (QED) is 0.309. The third kappa shape index (κ3) is 7.52. The number of nitrogens with one attached hydrogen (secondary N) is 3. The number of aromatic nitrogens is 4. The molecular weight excluding hydrogens is 571 g/mol. The van der Waals surface area contributed by atoms with Gasteiger partial charge in [0.25, 0.3) is 0 Å². The van der Waals surface area contributed by atoms with Crippen LogP contribution in [0.2, 0.25) is 5.02 Å². The number of benzene rings is 1. The number of nitrogens with zero attached hydrogens (tertiary/aromatic N) is 5. The number of ether oxygens (including phenoxy) is 1. The smallest absolute Gasteiger partial charge is 0.229 e. The van der Waals surface area contributed by atoms with Gasteiger partial charge in [0.1, 0.15) is 10.8 Å². The number of anilines is 4. The highest BCUT2D eigenvalue weighted by Crippen LogP contribution is 2.34. The van der Waals surface area contributed by atoms with Gasteiger partial charge in [0.15, 0.2) is 11.6 Å². The fraction of sp³-hybridized carbons (Fsp3) is 0.519. The van der Waals surface area contributed by atoms with Crippen LogP contribution >= 0.6 is 11.6 Å². The zero-order chi connectivity index (χ0) is 29.0. The molecule has 0 bridgehead atoms. The maximum atomic E-state index is 15.3. The van der Waals surface area contributed by atoms with Gasteiger partial charge in [-0.15, -0.1) is 0 Å². The predicted molar refractivity (Wildman–Crippen MR) is 157 cm³/mol. The molecule has 3 N–H and O–H groups in total. The minimum Gasteiger partial charge on any atom is -0.379 e. The molecule has 0 atom stereocenters. The van der Waals surface area contributed by atoms with Crippen LogP contribution in [0.4, 0.5) is 27.7 Å². The largest absolute Gasteiger partial charge is 0.379 e. The maximum absolute atomic E-state index is 15.3. The van der Waals surface area contributed by atoms with Gasteiger partial charge in [-0.25, -0.2) is 17.8 Å². The molecule has 41 heavy (non-hydrogen) atoms. The van der Waals surface area contributed by atoms with Gasteiger partial charge in [-0.1, -0.05) is 11.6 Å². The summed E-state index contributed by atoms with van der Waals surface area (Å²) in [6.45, 7) is 8.12. The first-order chi connectivity index (χ1) is 19.7. The average Bonchev–Trinajstić information content (AvgIpc) is 3.37. The van der Waals surface area contributed by atoms with Gasteiger partial charge in [-0.05, 0) is 81.9 Å². The molecule has 2 fully saturated rings. The summed E-state index contributed by atoms with van der Waals surface area (Å²) in [5, 5.41) is 13.3. The summed E-state index contributed by atoms with van der Waals surface area (Å²) in [5.41, 5.74) is 3.16. The topological polar surface area (TPSA) is 128 Å². The molecule has 0 saturated carbocycles. The lowest BCUT2D eigenvalue weighted by Gasteiger charge is -2.33. The summed E-state index contributed by atoms with van der Waals surface area (Å²) in [6, 6.07) is 5.21. The molecule has 0 aliphatic carbocycles. The van der Waals surface area contributed by atoms with Crippen LogP contribution < -0.4 is 10.6 Å². The Morgan fingerprint density at radius 3 is 2.59 bits per heavy atom. The Hall–Kier alpha value is -2.84. The van der Waals surface area contributed by atoms with Crippen LogP contribution in [0.5, 0.6) is 0 Å². The van der Waals surface area contributed by atoms with Crippen molar-refractivity contribution in [3.05, 3.63) is 52.1 Å². The molecule has 2 saturated heterocycles. The first kappa shape index (κ1) is 29.6. The van der Waals surface area contributed by atoms with E-state index in [2.05, 4.69) is 35.7 Å². The second kappa shape index (κ2) is 13.0. The van der Waals surface area contributed by atoms with Crippen molar-refractivity contribution in [2.75, 3.05) is 62.3 Å². The van der Waals surface area contributed by atoms with E-state index in [4.69, 9.17) is 16.3 Å². The van der Waals surface area contributed by atoms with Gasteiger partial charge in [0.05, 0.1) is 30.9 Å². The van der Waals surface area contributed by atoms with Crippen molar-refractivity contribution in [3.8, 4) is 0 Å². The molecule has 0 radical (unpaired) electrons. The van der Waals surface area contributed by atoms with E-state index in [1.165, 1.54) is 10.5 Å². The van der Waals surface area contributed by atoms with Gasteiger partial charge >= 0.3 is 0 Å². The molecule has 3 aromatic rings. The average molecular weight is 607 g/mol. The summed E-state index contributed by atoms with van der Waals surface area (Å²) in [4.78, 5) is 10.9. The normalized spacial score (nSPS) is 17.6. The molecule has 11 nitrogen and oxygen atoms in total. The molecule has 2 aliphatic heterocycles. The zero-order valence-corrected chi connectivity index (χ0v) is 24.9. The van der Waals surface area contributed by atoms with E-state index < -0.39 is 10.0 Å². The Labute approximate surface area is 244 Å². The summed E-state index contributed by atoms with van der Waals surface area (Å²) < 4.78 is 47.2. The molecular formula is C27H36ClFN8O3S. The third-order valence-corrected chi connectivity index (χ3v) is 9.80. The van der Waals surface area contributed by atoms with E-state index in [1.807, 2.05) is 19.9 Å². The number of aryl methyl sites for hydroxylation is 2. The number of halogens is 2. The van der Waals surface area contributed by atoms with E-state index in [-0.39, 0.29) is 29.1 Å². The molecule has 2 aliphatic rings. The van der Waals surface area contributed by atoms with Gasteiger partial charge in [-0.3, -0.25) is 5.10 Å². The number of likely N-dealkylation sites (tertiary alicyclic amines) is 1. The Morgan fingerprint density at radius 2 is 1.88 bits per heavy atom. The van der Waals surface area contributed by atoms with Gasteiger partial charge < -0.3 is 20.3 Å². The van der Waals surface area contributed by atoms with E-state index in [0.29, 0.717) is 49.4 Å². The number of piperidine rings is 1. The van der Waals surface area contributed by atoms with Crippen molar-refractivity contribution in [3.63, 3.8) is 0 Å². The Morgan fingerprint density at radius 1 is 1.12 bits per heavy atom. The van der Waals surface area contributed by atoms with Crippen molar-refractivity contribution in [1.29, 1.82) is 0 Å². The molecule has 2 aromatic heterocycles. The second-order valence-electron chi connectivity index (χ2n) is 10.6. The minimum atomic E-state index is -3.24. The van der Waals surface area contributed by atoms with Crippen LogP contribution in [0.15, 0.2) is 24.4 Å². The van der Waals surface area contributed by atoms with Crippen LogP contribution in [0.25, 0.3) is 0 Å². The first-order valence-electron chi connectivity index (χ1n) is 13.8. The molecule has 14 heteroatoms. The van der Waals surface area contributed by atoms with Crippen molar-refractivity contribution in [2.24, 2.45) is 0 Å². The first-order valence-corrected chi connectivity index (χ1v) is 15.8. The number of H-pyrrole nitrogens is 1. The van der Waals surface area contributed by atoms with E-state index in [9.17, 15) is 8.42 Å². The van der Waals surface area contributed by atoms with Crippen LogP contribution in [0.3, 0.4) is 0 Å². The molecule has 5 rings (SSSR count). The number of hydrogen-bond donors (Lipinski definition) is 3. The Bertz CT molecular complexity index is 1460. The predicted octanol–water partition coefficient (Wildman–Crippen LogP) is 4.33. The highest BCUT2D eigenvalue weighted by atomic mass is 35.5. The van der Waals surface area contributed by atoms with Gasteiger partial charge in [0.2, 0.25) is 16.0 Å². The Balaban J connectivity index is 1.15. The Kier molecular flexibility index (Phi) is 9.39. The summed E-state index contributed by atoms with van der Waals surface area (Å²) in [6.07, 6.45) is 3.84. The molecule has 0 spiro atoms. The van der Waals surface area contributed by atoms with Gasteiger partial charge in [-0.2, -0.15) is 14.4 Å². The summed E-state index contributed by atoms with van der Waals surface area (Å²) >= 11 is 6.25. The number of aromatic amines is 1. The SMILES string of the molecule is Cc1cc(Nc2nc(Nc3cc(C)c(C4CCN(CCCS(=O)(=O)N5CCOCC5)CC4)cc3F)ncc2Cl)n[nH]1. The van der Waals surface area contributed by atoms with Gasteiger partial charge in [0, 0.05) is 24.8 Å². The fourth-order valence-electron chi connectivity index (χ4n) is 5.36. The van der Waals surface area contributed by atoms with E-state index in [0.717, 1.165) is 49.3 Å². The molecule has 1 aromatic carbocycles. The summed E-state index contributed by atoms with van der Waals surface area (Å²) in [5.74, 6) is 1.14. The second-order valence-corrected chi connectivity index (χ2v) is 13.1. The zero-order valence-electron chi connectivity index (χ0n) is 23.3. The fourth-order valence-corrected chi connectivity index (χ4v) is 6.96. The van der Waals surface area contributed by atoms with Crippen molar-refractivity contribution in [2.45, 2.75) is 39.0 Å². The van der Waals surface area contributed by atoms with Crippen molar-refractivity contribution in [1.82, 2.24) is 29.4 Å². The lowest BCUT2D eigenvalue weighted by Crippen LogP contribution is -2.42. The van der Waals surface area contributed by atoms with Crippen molar-refractivity contribution >= 4 is 44.9 Å². The number of sulfonamides is 1. The summed E-state index contributed by atoms with van der Waals surface area (Å²) in [7, 11) is -3.24.